The van der Waals surface area contributed by atoms with E-state index in [0.717, 1.165) is 24.9 Å². The highest BCUT2D eigenvalue weighted by molar-refractivity contribution is 5.84. The molecule has 0 aromatic carbocycles. The molecular weight excluding hydrogens is 220 g/mol. The summed E-state index contributed by atoms with van der Waals surface area (Å²) < 4.78 is 4.73. The molecule has 1 unspecified atom stereocenters. The quantitative estimate of drug-likeness (QED) is 0.574. The molecule has 2 heterocycles. The lowest BCUT2D eigenvalue weighted by atomic mass is 10.1. The molecule has 0 amide bonds. The van der Waals surface area contributed by atoms with Crippen molar-refractivity contribution in [2.75, 3.05) is 25.1 Å². The van der Waals surface area contributed by atoms with Crippen LogP contribution in [0.25, 0.3) is 0 Å². The van der Waals surface area contributed by atoms with Crippen molar-refractivity contribution in [2.24, 2.45) is 5.92 Å². The van der Waals surface area contributed by atoms with E-state index in [9.17, 15) is 9.59 Å². The lowest BCUT2D eigenvalue weighted by Crippen LogP contribution is -2.24. The van der Waals surface area contributed by atoms with Crippen molar-refractivity contribution in [1.82, 2.24) is 4.98 Å². The largest absolute Gasteiger partial charge is 0.469 e. The molecule has 90 valence electrons. The fraction of sp³-hybridized carbons (Fsp3) is 0.417. The Hall–Kier alpha value is -1.91. The summed E-state index contributed by atoms with van der Waals surface area (Å²) in [6.45, 7) is 1.35. The Bertz CT molecular complexity index is 434. The predicted octanol–water partition coefficient (Wildman–Crippen LogP) is 0.893. The van der Waals surface area contributed by atoms with Crippen molar-refractivity contribution in [3.05, 3.63) is 24.0 Å². The number of hydrogen-bond acceptors (Lipinski definition) is 5. The number of pyridine rings is 1. The van der Waals surface area contributed by atoms with E-state index in [4.69, 9.17) is 4.74 Å². The molecular formula is C12H14N2O3. The van der Waals surface area contributed by atoms with Crippen molar-refractivity contribution in [3.8, 4) is 0 Å². The SMILES string of the molecule is COC(=O)C1CCN(c2ccncc2C=O)C1. The monoisotopic (exact) mass is 234 g/mol. The van der Waals surface area contributed by atoms with Gasteiger partial charge in [0.15, 0.2) is 6.29 Å². The molecule has 1 atom stereocenters. The van der Waals surface area contributed by atoms with Crippen molar-refractivity contribution in [1.29, 1.82) is 0 Å². The van der Waals surface area contributed by atoms with E-state index in [1.807, 2.05) is 4.90 Å². The Morgan fingerprint density at radius 2 is 2.47 bits per heavy atom. The number of nitrogens with zero attached hydrogens (tertiary/aromatic N) is 2. The van der Waals surface area contributed by atoms with Crippen LogP contribution in [0.15, 0.2) is 18.5 Å². The zero-order valence-electron chi connectivity index (χ0n) is 9.63. The molecule has 1 aliphatic heterocycles. The Labute approximate surface area is 99.4 Å². The molecule has 5 heteroatoms. The minimum absolute atomic E-state index is 0.104. The second-order valence-corrected chi connectivity index (χ2v) is 4.01. The molecule has 0 saturated carbocycles. The van der Waals surface area contributed by atoms with Gasteiger partial charge in [-0.05, 0) is 12.5 Å². The van der Waals surface area contributed by atoms with E-state index in [1.165, 1.54) is 13.3 Å². The summed E-state index contributed by atoms with van der Waals surface area (Å²) in [6.07, 6.45) is 4.72. The predicted molar refractivity (Wildman–Crippen MR) is 62.0 cm³/mol. The summed E-state index contributed by atoms with van der Waals surface area (Å²) in [5.41, 5.74) is 1.39. The number of aromatic nitrogens is 1. The first-order chi connectivity index (χ1) is 8.26. The first-order valence-corrected chi connectivity index (χ1v) is 5.48. The van der Waals surface area contributed by atoms with Crippen LogP contribution in [0.4, 0.5) is 5.69 Å². The molecule has 0 radical (unpaired) electrons. The highest BCUT2D eigenvalue weighted by Crippen LogP contribution is 2.26. The summed E-state index contributed by atoms with van der Waals surface area (Å²) in [4.78, 5) is 28.2. The molecule has 2 rings (SSSR count). The molecule has 0 bridgehead atoms. The Kier molecular flexibility index (Phi) is 3.37. The van der Waals surface area contributed by atoms with E-state index in [2.05, 4.69) is 4.98 Å². The molecule has 1 aromatic heterocycles. The number of hydrogen-bond donors (Lipinski definition) is 0. The molecule has 1 aliphatic rings. The van der Waals surface area contributed by atoms with Crippen LogP contribution < -0.4 is 4.90 Å². The number of methoxy groups -OCH3 is 1. The van der Waals surface area contributed by atoms with Gasteiger partial charge in [-0.15, -0.1) is 0 Å². The van der Waals surface area contributed by atoms with Crippen molar-refractivity contribution >= 4 is 17.9 Å². The smallest absolute Gasteiger partial charge is 0.310 e. The zero-order chi connectivity index (χ0) is 12.3. The van der Waals surface area contributed by atoms with E-state index in [0.29, 0.717) is 12.1 Å². The Balaban J connectivity index is 2.15. The van der Waals surface area contributed by atoms with E-state index < -0.39 is 0 Å². The van der Waals surface area contributed by atoms with Crippen LogP contribution in [0.1, 0.15) is 16.8 Å². The van der Waals surface area contributed by atoms with Gasteiger partial charge in [0.1, 0.15) is 0 Å². The van der Waals surface area contributed by atoms with Crippen LogP contribution in [0.3, 0.4) is 0 Å². The zero-order valence-corrected chi connectivity index (χ0v) is 9.63. The van der Waals surface area contributed by atoms with Crippen LogP contribution in [0, 0.1) is 5.92 Å². The Morgan fingerprint density at radius 3 is 3.18 bits per heavy atom. The normalized spacial score (nSPS) is 19.1. The van der Waals surface area contributed by atoms with E-state index in [-0.39, 0.29) is 11.9 Å². The average Bonchev–Trinajstić information content (AvgIpc) is 2.87. The average molecular weight is 234 g/mol. The highest BCUT2D eigenvalue weighted by Gasteiger charge is 2.29. The summed E-state index contributed by atoms with van der Waals surface area (Å²) in [6, 6.07) is 1.80. The third-order valence-corrected chi connectivity index (χ3v) is 3.02. The van der Waals surface area contributed by atoms with Crippen molar-refractivity contribution in [3.63, 3.8) is 0 Å². The van der Waals surface area contributed by atoms with Gasteiger partial charge >= 0.3 is 5.97 Å². The number of rotatable bonds is 3. The van der Waals surface area contributed by atoms with Gasteiger partial charge in [0.25, 0.3) is 0 Å². The van der Waals surface area contributed by atoms with Gasteiger partial charge in [-0.25, -0.2) is 0 Å². The van der Waals surface area contributed by atoms with Gasteiger partial charge in [-0.3, -0.25) is 14.6 Å². The molecule has 1 fully saturated rings. The van der Waals surface area contributed by atoms with Crippen molar-refractivity contribution < 1.29 is 14.3 Å². The number of anilines is 1. The number of aldehydes is 1. The second-order valence-electron chi connectivity index (χ2n) is 4.01. The summed E-state index contributed by atoms with van der Waals surface area (Å²) >= 11 is 0. The third-order valence-electron chi connectivity index (χ3n) is 3.02. The number of carbonyl (C=O) groups excluding carboxylic acids is 2. The maximum Gasteiger partial charge on any atom is 0.310 e. The molecule has 0 N–H and O–H groups in total. The topological polar surface area (TPSA) is 59.5 Å². The fourth-order valence-electron chi connectivity index (χ4n) is 2.12. The van der Waals surface area contributed by atoms with Crippen LogP contribution in [-0.4, -0.2) is 37.4 Å². The summed E-state index contributed by atoms with van der Waals surface area (Å²) in [5, 5.41) is 0. The van der Waals surface area contributed by atoms with Gasteiger partial charge in [0.05, 0.1) is 24.3 Å². The standard InChI is InChI=1S/C12H14N2O3/c1-17-12(16)9-3-5-14(7-9)11-2-4-13-6-10(11)8-15/h2,4,6,8-9H,3,5,7H2,1H3. The molecule has 1 aromatic rings. The van der Waals surface area contributed by atoms with Crippen LogP contribution in [0.5, 0.6) is 0 Å². The third kappa shape index (κ3) is 2.27. The Morgan fingerprint density at radius 1 is 1.65 bits per heavy atom. The second kappa shape index (κ2) is 4.95. The van der Waals surface area contributed by atoms with E-state index >= 15 is 0 Å². The maximum absolute atomic E-state index is 11.4. The lowest BCUT2D eigenvalue weighted by Gasteiger charge is -2.19. The van der Waals surface area contributed by atoms with Crippen molar-refractivity contribution in [2.45, 2.75) is 6.42 Å². The first kappa shape index (κ1) is 11.6. The molecule has 17 heavy (non-hydrogen) atoms. The van der Waals surface area contributed by atoms with Crippen LogP contribution in [0.2, 0.25) is 0 Å². The van der Waals surface area contributed by atoms with Gasteiger partial charge in [-0.1, -0.05) is 0 Å². The highest BCUT2D eigenvalue weighted by atomic mass is 16.5. The number of esters is 1. The molecule has 0 aliphatic carbocycles. The van der Waals surface area contributed by atoms with Gasteiger partial charge in [-0.2, -0.15) is 0 Å². The minimum atomic E-state index is -0.186. The van der Waals surface area contributed by atoms with Crippen LogP contribution >= 0.6 is 0 Å². The maximum atomic E-state index is 11.4. The number of ether oxygens (including phenoxy) is 1. The van der Waals surface area contributed by atoms with Gasteiger partial charge in [0, 0.05) is 25.5 Å². The summed E-state index contributed by atoms with van der Waals surface area (Å²) in [5.74, 6) is -0.290. The molecule has 5 nitrogen and oxygen atoms in total. The lowest BCUT2D eigenvalue weighted by molar-refractivity contribution is -0.144. The van der Waals surface area contributed by atoms with Gasteiger partial charge in [0.2, 0.25) is 0 Å². The summed E-state index contributed by atoms with van der Waals surface area (Å²) in [7, 11) is 1.40. The first-order valence-electron chi connectivity index (χ1n) is 5.48. The van der Waals surface area contributed by atoms with E-state index in [1.54, 1.807) is 12.3 Å². The fourth-order valence-corrected chi connectivity index (χ4v) is 2.12. The number of carbonyl (C=O) groups is 2. The minimum Gasteiger partial charge on any atom is -0.469 e. The van der Waals surface area contributed by atoms with Crippen LogP contribution in [-0.2, 0) is 9.53 Å². The molecule has 0 spiro atoms. The van der Waals surface area contributed by atoms with Gasteiger partial charge < -0.3 is 9.64 Å². The molecule has 1 saturated heterocycles.